The molecular formula is C13H26N4O5. The smallest absolute Gasteiger partial charge is 0.294 e. The molecular weight excluding hydrogens is 292 g/mol. The van der Waals surface area contributed by atoms with Gasteiger partial charge in [0, 0.05) is 13.1 Å². The molecule has 0 saturated heterocycles. The first kappa shape index (κ1) is 20.1. The van der Waals surface area contributed by atoms with E-state index in [4.69, 9.17) is 5.73 Å². The van der Waals surface area contributed by atoms with Crippen LogP contribution in [0.4, 0.5) is 0 Å². The molecule has 0 aliphatic carbocycles. The lowest BCUT2D eigenvalue weighted by atomic mass is 10.2. The van der Waals surface area contributed by atoms with Crippen molar-refractivity contribution in [1.29, 1.82) is 0 Å². The lowest BCUT2D eigenvalue weighted by Gasteiger charge is -2.12. The molecule has 0 fully saturated rings. The highest BCUT2D eigenvalue weighted by atomic mass is 16.9. The number of nitrogens with two attached hydrogens (primary N) is 1. The van der Waals surface area contributed by atoms with E-state index in [1.54, 1.807) is 0 Å². The quantitative estimate of drug-likeness (QED) is 0.250. The lowest BCUT2D eigenvalue weighted by Crippen LogP contribution is -2.44. The van der Waals surface area contributed by atoms with Crippen molar-refractivity contribution in [2.45, 2.75) is 51.5 Å². The van der Waals surface area contributed by atoms with Crippen LogP contribution < -0.4 is 16.4 Å². The number of hydrogen-bond acceptors (Lipinski definition) is 6. The third-order valence-corrected chi connectivity index (χ3v) is 2.91. The van der Waals surface area contributed by atoms with Gasteiger partial charge in [-0.2, -0.15) is 0 Å². The summed E-state index contributed by atoms with van der Waals surface area (Å²) in [6.07, 6.45) is 3.94. The maximum atomic E-state index is 11.6. The first-order valence-electron chi connectivity index (χ1n) is 7.54. The van der Waals surface area contributed by atoms with E-state index in [0.717, 1.165) is 19.3 Å². The van der Waals surface area contributed by atoms with Crippen LogP contribution in [-0.4, -0.2) is 42.6 Å². The van der Waals surface area contributed by atoms with Gasteiger partial charge in [-0.15, -0.1) is 10.1 Å². The van der Waals surface area contributed by atoms with Gasteiger partial charge in [0.1, 0.15) is 0 Å². The molecule has 0 radical (unpaired) electrons. The Bertz CT molecular complexity index is 351. The molecule has 0 saturated carbocycles. The maximum Gasteiger partial charge on any atom is 0.294 e. The van der Waals surface area contributed by atoms with E-state index in [9.17, 15) is 19.7 Å². The molecule has 1 atom stereocenters. The summed E-state index contributed by atoms with van der Waals surface area (Å²) < 4.78 is 0. The maximum absolute atomic E-state index is 11.6. The molecule has 9 nitrogen and oxygen atoms in total. The molecule has 0 heterocycles. The van der Waals surface area contributed by atoms with Crippen molar-refractivity contribution in [2.75, 3.05) is 19.7 Å². The molecule has 2 amide bonds. The second kappa shape index (κ2) is 12.8. The van der Waals surface area contributed by atoms with Crippen molar-refractivity contribution in [3.05, 3.63) is 10.1 Å². The summed E-state index contributed by atoms with van der Waals surface area (Å²) in [6.45, 7) is 3.01. The minimum absolute atomic E-state index is 0.00253. The molecule has 0 bridgehead atoms. The number of hydrogen-bond donors (Lipinski definition) is 3. The van der Waals surface area contributed by atoms with Crippen LogP contribution >= 0.6 is 0 Å². The summed E-state index contributed by atoms with van der Waals surface area (Å²) in [6, 6.07) is -0.862. The van der Waals surface area contributed by atoms with Crippen molar-refractivity contribution in [3.63, 3.8) is 0 Å². The zero-order chi connectivity index (χ0) is 16.8. The second-order valence-electron chi connectivity index (χ2n) is 4.92. The monoisotopic (exact) mass is 318 g/mol. The zero-order valence-corrected chi connectivity index (χ0v) is 13.0. The summed E-state index contributed by atoms with van der Waals surface area (Å²) in [5.74, 6) is -0.642. The van der Waals surface area contributed by atoms with Gasteiger partial charge in [-0.25, -0.2) is 0 Å². The van der Waals surface area contributed by atoms with Crippen LogP contribution in [0.25, 0.3) is 0 Å². The second-order valence-corrected chi connectivity index (χ2v) is 4.92. The summed E-state index contributed by atoms with van der Waals surface area (Å²) in [5.41, 5.74) is 5.65. The SMILES string of the molecule is CCCCCNC(=O)C(N)CC(=O)NCCCCO[N+](=O)[O-]. The van der Waals surface area contributed by atoms with Gasteiger partial charge < -0.3 is 21.2 Å². The Morgan fingerprint density at radius 1 is 1.18 bits per heavy atom. The number of nitrogens with one attached hydrogen (secondary N) is 2. The highest BCUT2D eigenvalue weighted by Crippen LogP contribution is 1.94. The summed E-state index contributed by atoms with van der Waals surface area (Å²) >= 11 is 0. The van der Waals surface area contributed by atoms with Gasteiger partial charge in [0.15, 0.2) is 0 Å². The molecule has 0 rings (SSSR count). The molecule has 128 valence electrons. The number of nitrogens with zero attached hydrogens (tertiary/aromatic N) is 1. The van der Waals surface area contributed by atoms with Gasteiger partial charge in [-0.3, -0.25) is 9.59 Å². The first-order valence-corrected chi connectivity index (χ1v) is 7.54. The summed E-state index contributed by atoms with van der Waals surface area (Å²) in [7, 11) is 0. The molecule has 0 aliphatic rings. The number of amides is 2. The molecule has 0 aromatic rings. The Hall–Kier alpha value is -1.90. The van der Waals surface area contributed by atoms with Gasteiger partial charge in [0.2, 0.25) is 11.8 Å². The standard InChI is InChI=1S/C13H26N4O5/c1-2-3-4-8-16-13(19)11(14)10-12(18)15-7-5-6-9-22-17(20)21/h11H,2-10,14H2,1H3,(H,15,18)(H,16,19). The molecule has 9 heteroatoms. The van der Waals surface area contributed by atoms with E-state index in [2.05, 4.69) is 22.4 Å². The van der Waals surface area contributed by atoms with Crippen LogP contribution in [0.1, 0.15) is 45.4 Å². The summed E-state index contributed by atoms with van der Waals surface area (Å²) in [5, 5.41) is 14.3. The van der Waals surface area contributed by atoms with E-state index >= 15 is 0 Å². The highest BCUT2D eigenvalue weighted by Gasteiger charge is 2.16. The van der Waals surface area contributed by atoms with Gasteiger partial charge in [0.05, 0.1) is 19.1 Å². The lowest BCUT2D eigenvalue weighted by molar-refractivity contribution is -0.757. The predicted molar refractivity (Wildman–Crippen MR) is 80.3 cm³/mol. The fourth-order valence-electron chi connectivity index (χ4n) is 1.68. The number of rotatable bonds is 13. The Morgan fingerprint density at radius 2 is 1.82 bits per heavy atom. The largest absolute Gasteiger partial charge is 0.356 e. The van der Waals surface area contributed by atoms with Crippen molar-refractivity contribution < 1.29 is 19.5 Å². The van der Waals surface area contributed by atoms with E-state index < -0.39 is 11.1 Å². The van der Waals surface area contributed by atoms with Gasteiger partial charge in [-0.1, -0.05) is 19.8 Å². The van der Waals surface area contributed by atoms with E-state index in [-0.39, 0.29) is 24.8 Å². The average Bonchev–Trinajstić information content (AvgIpc) is 2.46. The fraction of sp³-hybridized carbons (Fsp3) is 0.846. The zero-order valence-electron chi connectivity index (χ0n) is 13.0. The number of carbonyl (C=O) groups excluding carboxylic acids is 2. The molecule has 4 N–H and O–H groups in total. The molecule has 0 aliphatic heterocycles. The topological polar surface area (TPSA) is 137 Å². The van der Waals surface area contributed by atoms with Gasteiger partial charge in [-0.05, 0) is 19.3 Å². The van der Waals surface area contributed by atoms with Crippen molar-refractivity contribution in [2.24, 2.45) is 5.73 Å². The number of carbonyl (C=O) groups is 2. The first-order chi connectivity index (χ1) is 10.5. The average molecular weight is 318 g/mol. The Morgan fingerprint density at radius 3 is 2.45 bits per heavy atom. The van der Waals surface area contributed by atoms with Crippen LogP contribution in [0.3, 0.4) is 0 Å². The van der Waals surface area contributed by atoms with Crippen LogP contribution in [-0.2, 0) is 14.4 Å². The normalized spacial score (nSPS) is 11.5. The van der Waals surface area contributed by atoms with E-state index in [0.29, 0.717) is 25.9 Å². The Kier molecular flexibility index (Phi) is 11.7. The third-order valence-electron chi connectivity index (χ3n) is 2.91. The molecule has 0 aromatic carbocycles. The fourth-order valence-corrected chi connectivity index (χ4v) is 1.68. The van der Waals surface area contributed by atoms with Crippen LogP contribution in [0, 0.1) is 10.1 Å². The molecule has 1 unspecified atom stereocenters. The molecule has 0 aromatic heterocycles. The van der Waals surface area contributed by atoms with Crippen LogP contribution in [0.15, 0.2) is 0 Å². The van der Waals surface area contributed by atoms with Crippen LogP contribution in [0.2, 0.25) is 0 Å². The third kappa shape index (κ3) is 11.9. The minimum Gasteiger partial charge on any atom is -0.356 e. The van der Waals surface area contributed by atoms with Gasteiger partial charge in [0.25, 0.3) is 5.09 Å². The minimum atomic E-state index is -0.862. The number of unbranched alkanes of at least 4 members (excludes halogenated alkanes) is 3. The van der Waals surface area contributed by atoms with Gasteiger partial charge >= 0.3 is 0 Å². The summed E-state index contributed by atoms with van der Waals surface area (Å²) in [4.78, 5) is 37.2. The van der Waals surface area contributed by atoms with Crippen molar-refractivity contribution >= 4 is 11.8 Å². The molecule has 22 heavy (non-hydrogen) atoms. The van der Waals surface area contributed by atoms with Crippen molar-refractivity contribution in [1.82, 2.24) is 10.6 Å². The van der Waals surface area contributed by atoms with E-state index in [1.807, 2.05) is 0 Å². The molecule has 0 spiro atoms. The van der Waals surface area contributed by atoms with Crippen LogP contribution in [0.5, 0.6) is 0 Å². The Balaban J connectivity index is 3.64. The highest BCUT2D eigenvalue weighted by molar-refractivity contribution is 5.88. The predicted octanol–water partition coefficient (Wildman–Crippen LogP) is 0.115. The Labute approximate surface area is 130 Å². The van der Waals surface area contributed by atoms with E-state index in [1.165, 1.54) is 0 Å². The van der Waals surface area contributed by atoms with Crippen molar-refractivity contribution in [3.8, 4) is 0 Å².